The first kappa shape index (κ1) is 29.3. The van der Waals surface area contributed by atoms with Gasteiger partial charge in [0.05, 0.1) is 16.6 Å². The van der Waals surface area contributed by atoms with E-state index in [9.17, 15) is 0 Å². The Morgan fingerprint density at radius 2 is 0.902 bits per heavy atom. The summed E-state index contributed by atoms with van der Waals surface area (Å²) in [5.41, 5.74) is 13.0. The number of nitrogens with zero attached hydrogens (tertiary/aromatic N) is 3. The van der Waals surface area contributed by atoms with Crippen molar-refractivity contribution in [3.63, 3.8) is 0 Å². The van der Waals surface area contributed by atoms with Crippen LogP contribution in [-0.2, 0) is 0 Å². The lowest BCUT2D eigenvalue weighted by Crippen LogP contribution is -2.10. The monoisotopic (exact) mass is 653 g/mol. The minimum atomic E-state index is 1.13. The first-order chi connectivity index (χ1) is 25.1. The zero-order valence-electron chi connectivity index (χ0n) is 28.6. The Balaban J connectivity index is 1.25. The summed E-state index contributed by atoms with van der Waals surface area (Å²) < 4.78 is 2.50. The molecule has 0 amide bonds. The van der Waals surface area contributed by atoms with Gasteiger partial charge in [-0.25, -0.2) is 0 Å². The molecule has 0 atom stereocenters. The third kappa shape index (κ3) is 4.66. The number of benzene rings is 8. The summed E-state index contributed by atoms with van der Waals surface area (Å²) in [6.45, 7) is 4.32. The summed E-state index contributed by atoms with van der Waals surface area (Å²) in [5.74, 6) is 0. The molecule has 0 unspecified atom stereocenters. The Kier molecular flexibility index (Phi) is 6.62. The summed E-state index contributed by atoms with van der Waals surface area (Å²) in [6.07, 6.45) is 0. The average molecular weight is 654 g/mol. The first-order valence-electron chi connectivity index (χ1n) is 17.6. The number of hydrogen-bond acceptors (Lipinski definition) is 2. The maximum Gasteiger partial charge on any atom is 0.0627 e. The van der Waals surface area contributed by atoms with Gasteiger partial charge in [0.2, 0.25) is 0 Å². The maximum absolute atomic E-state index is 2.50. The molecule has 0 fully saturated rings. The number of anilines is 6. The molecule has 3 heteroatoms. The summed E-state index contributed by atoms with van der Waals surface area (Å²) in [4.78, 5) is 4.74. The van der Waals surface area contributed by atoms with E-state index in [-0.39, 0.29) is 0 Å². The molecule has 0 aliphatic rings. The van der Waals surface area contributed by atoms with Crippen LogP contribution in [-0.4, -0.2) is 4.40 Å². The van der Waals surface area contributed by atoms with Crippen molar-refractivity contribution in [2.45, 2.75) is 13.8 Å². The molecule has 0 aliphatic heterocycles. The molecule has 10 rings (SSSR count). The topological polar surface area (TPSA) is 10.9 Å². The zero-order valence-corrected chi connectivity index (χ0v) is 28.6. The molecule has 0 N–H and O–H groups in total. The minimum absolute atomic E-state index is 1.13. The van der Waals surface area contributed by atoms with Gasteiger partial charge in [-0.1, -0.05) is 91.0 Å². The highest BCUT2D eigenvalue weighted by Crippen LogP contribution is 2.46. The molecule has 2 heterocycles. The van der Waals surface area contributed by atoms with Crippen LogP contribution in [0.5, 0.6) is 0 Å². The van der Waals surface area contributed by atoms with Gasteiger partial charge in [-0.3, -0.25) is 0 Å². The van der Waals surface area contributed by atoms with Crippen molar-refractivity contribution in [1.29, 1.82) is 0 Å². The van der Waals surface area contributed by atoms with Gasteiger partial charge < -0.3 is 14.2 Å². The molecule has 0 spiro atoms. The molecular weight excluding hydrogens is 619 g/mol. The highest BCUT2D eigenvalue weighted by molar-refractivity contribution is 6.31. The fourth-order valence-electron chi connectivity index (χ4n) is 8.13. The van der Waals surface area contributed by atoms with Crippen molar-refractivity contribution in [2.24, 2.45) is 0 Å². The van der Waals surface area contributed by atoms with Crippen molar-refractivity contribution in [2.75, 3.05) is 9.80 Å². The van der Waals surface area contributed by atoms with E-state index in [0.717, 1.165) is 34.1 Å². The predicted octanol–water partition coefficient (Wildman–Crippen LogP) is 13.5. The van der Waals surface area contributed by atoms with Crippen LogP contribution in [0, 0.1) is 13.8 Å². The van der Waals surface area contributed by atoms with Crippen molar-refractivity contribution in [3.05, 3.63) is 187 Å². The number of hydrogen-bond donors (Lipinski definition) is 0. The van der Waals surface area contributed by atoms with E-state index in [1.54, 1.807) is 0 Å². The van der Waals surface area contributed by atoms with Crippen LogP contribution >= 0.6 is 0 Å². The number of para-hydroxylation sites is 3. The van der Waals surface area contributed by atoms with Gasteiger partial charge in [0.1, 0.15) is 0 Å². The van der Waals surface area contributed by atoms with E-state index in [2.05, 4.69) is 204 Å². The summed E-state index contributed by atoms with van der Waals surface area (Å²) >= 11 is 0. The van der Waals surface area contributed by atoms with E-state index in [1.807, 2.05) is 0 Å². The molecule has 0 saturated carbocycles. The highest BCUT2D eigenvalue weighted by atomic mass is 15.1. The number of fused-ring (bicyclic) bond motifs is 8. The predicted molar refractivity (Wildman–Crippen MR) is 217 cm³/mol. The Bertz CT molecular complexity index is 2780. The van der Waals surface area contributed by atoms with Crippen molar-refractivity contribution < 1.29 is 0 Å². The van der Waals surface area contributed by atoms with Gasteiger partial charge in [-0.05, 0) is 121 Å². The third-order valence-electron chi connectivity index (χ3n) is 10.3. The van der Waals surface area contributed by atoms with Crippen LogP contribution in [0.25, 0.3) is 48.9 Å². The largest absolute Gasteiger partial charge is 0.310 e. The van der Waals surface area contributed by atoms with E-state index < -0.39 is 0 Å². The van der Waals surface area contributed by atoms with Gasteiger partial charge >= 0.3 is 0 Å². The lowest BCUT2D eigenvalue weighted by Gasteiger charge is -2.26. The lowest BCUT2D eigenvalue weighted by molar-refractivity contribution is 1.27. The smallest absolute Gasteiger partial charge is 0.0627 e. The molecular formula is C48H35N3. The van der Waals surface area contributed by atoms with Gasteiger partial charge in [0.15, 0.2) is 0 Å². The van der Waals surface area contributed by atoms with Crippen LogP contribution in [0.4, 0.5) is 34.1 Å². The second-order valence-electron chi connectivity index (χ2n) is 13.6. The highest BCUT2D eigenvalue weighted by Gasteiger charge is 2.23. The van der Waals surface area contributed by atoms with Crippen molar-refractivity contribution >= 4 is 83.0 Å². The third-order valence-corrected chi connectivity index (χ3v) is 10.3. The van der Waals surface area contributed by atoms with Crippen LogP contribution < -0.4 is 9.80 Å². The Morgan fingerprint density at radius 3 is 1.55 bits per heavy atom. The molecule has 0 bridgehead atoms. The number of rotatable bonds is 6. The van der Waals surface area contributed by atoms with Gasteiger partial charge in [0.25, 0.3) is 0 Å². The van der Waals surface area contributed by atoms with Gasteiger partial charge in [0, 0.05) is 55.7 Å². The lowest BCUT2D eigenvalue weighted by atomic mass is 9.99. The maximum atomic E-state index is 2.50. The fraction of sp³-hybridized carbons (Fsp3) is 0.0417. The molecule has 3 nitrogen and oxygen atoms in total. The van der Waals surface area contributed by atoms with E-state index in [4.69, 9.17) is 0 Å². The molecule has 10 aromatic rings. The van der Waals surface area contributed by atoms with Crippen LogP contribution in [0.15, 0.2) is 176 Å². The number of aryl methyl sites for hydroxylation is 2. The first-order valence-corrected chi connectivity index (χ1v) is 17.6. The SMILES string of the molecule is Cc1cccc(N(c2ccccc2)c2ccc3cc4c5ccc(N(c6ccccc6)c6cccc(C)c6)cc5n5c6ccccc6c(c3c2)c45)c1. The van der Waals surface area contributed by atoms with E-state index in [0.29, 0.717) is 0 Å². The molecule has 8 aromatic carbocycles. The summed E-state index contributed by atoms with van der Waals surface area (Å²) in [5, 5.41) is 7.61. The standard InChI is InChI=1S/C48H35N3/c1-32-13-11-19-37(27-32)49(35-15-5-3-6-16-35)39-24-23-34-29-44-41-26-25-40(50(36-17-7-4-8-18-36)38-20-12-14-33(2)28-38)31-46(41)51-45-22-10-9-21-42(45)47(48(44)51)43(34)30-39/h3-31H,1-2H3. The Morgan fingerprint density at radius 1 is 0.353 bits per heavy atom. The van der Waals surface area contributed by atoms with E-state index in [1.165, 1.54) is 60.0 Å². The normalized spacial score (nSPS) is 11.7. The van der Waals surface area contributed by atoms with Crippen LogP contribution in [0.1, 0.15) is 11.1 Å². The molecule has 2 aromatic heterocycles. The molecule has 0 saturated heterocycles. The van der Waals surface area contributed by atoms with Gasteiger partial charge in [-0.2, -0.15) is 0 Å². The summed E-state index contributed by atoms with van der Waals surface area (Å²) in [7, 11) is 0. The summed E-state index contributed by atoms with van der Waals surface area (Å²) in [6, 6.07) is 64.1. The number of aromatic nitrogens is 1. The molecule has 242 valence electrons. The minimum Gasteiger partial charge on any atom is -0.310 e. The zero-order chi connectivity index (χ0) is 34.1. The average Bonchev–Trinajstić information content (AvgIpc) is 3.68. The molecule has 0 radical (unpaired) electrons. The van der Waals surface area contributed by atoms with E-state index >= 15 is 0 Å². The Labute approximate surface area is 297 Å². The fourth-order valence-corrected chi connectivity index (χ4v) is 8.13. The van der Waals surface area contributed by atoms with Crippen molar-refractivity contribution in [1.82, 2.24) is 4.40 Å². The quantitative estimate of drug-likeness (QED) is 0.177. The van der Waals surface area contributed by atoms with Crippen LogP contribution in [0.3, 0.4) is 0 Å². The molecule has 51 heavy (non-hydrogen) atoms. The van der Waals surface area contributed by atoms with Crippen LogP contribution in [0.2, 0.25) is 0 Å². The van der Waals surface area contributed by atoms with Crippen molar-refractivity contribution in [3.8, 4) is 0 Å². The second kappa shape index (κ2) is 11.5. The second-order valence-corrected chi connectivity index (χ2v) is 13.6. The van der Waals surface area contributed by atoms with Gasteiger partial charge in [-0.15, -0.1) is 0 Å². The Hall–Kier alpha value is -6.58. The molecule has 0 aliphatic carbocycles.